The number of fused-ring (bicyclic) bond motifs is 1. The Morgan fingerprint density at radius 1 is 0.939 bits per heavy atom. The van der Waals surface area contributed by atoms with Crippen LogP contribution < -0.4 is 5.32 Å². The monoisotopic (exact) mass is 562 g/mol. The van der Waals surface area contributed by atoms with Crippen molar-refractivity contribution >= 4 is 39.4 Å². The van der Waals surface area contributed by atoms with Crippen LogP contribution in [0.15, 0.2) is 60.7 Å². The molecule has 0 fully saturated rings. The summed E-state index contributed by atoms with van der Waals surface area (Å²) in [5.41, 5.74) is 3.45. The Kier molecular flexibility index (Phi) is 6.78. The first kappa shape index (κ1) is 23.4. The lowest BCUT2D eigenvalue weighted by Crippen LogP contribution is -2.24. The van der Waals surface area contributed by atoms with E-state index in [0.29, 0.717) is 26.6 Å². The molecule has 1 aromatic heterocycles. The van der Waals surface area contributed by atoms with Crippen LogP contribution in [0.1, 0.15) is 46.9 Å². The summed E-state index contributed by atoms with van der Waals surface area (Å²) in [7, 11) is 0. The van der Waals surface area contributed by atoms with Gasteiger partial charge in [-0.2, -0.15) is 0 Å². The van der Waals surface area contributed by atoms with Gasteiger partial charge in [0.1, 0.15) is 5.82 Å². The van der Waals surface area contributed by atoms with Crippen LogP contribution in [0, 0.1) is 21.0 Å². The minimum atomic E-state index is -0.972. The molecular formula is C26H22F3IN2O. The number of halogens is 4. The molecule has 4 rings (SSSR count). The number of benzene rings is 3. The minimum Gasteiger partial charge on any atom is -0.348 e. The number of nitrogens with zero attached hydrogens (tertiary/aromatic N) is 1. The Hall–Kier alpha value is -2.81. The molecule has 0 aliphatic heterocycles. The average Bonchev–Trinajstić information content (AvgIpc) is 3.08. The van der Waals surface area contributed by atoms with E-state index in [1.54, 1.807) is 6.07 Å². The first-order valence-corrected chi connectivity index (χ1v) is 11.6. The largest absolute Gasteiger partial charge is 0.348 e. The fourth-order valence-corrected chi connectivity index (χ4v) is 4.51. The van der Waals surface area contributed by atoms with E-state index in [1.165, 1.54) is 12.1 Å². The summed E-state index contributed by atoms with van der Waals surface area (Å²) in [5, 5.41) is 3.32. The maximum atomic E-state index is 14.6. The molecule has 1 amide bonds. The van der Waals surface area contributed by atoms with Crippen LogP contribution in [0.5, 0.6) is 0 Å². The molecule has 7 heteroatoms. The van der Waals surface area contributed by atoms with E-state index in [4.69, 9.17) is 0 Å². The first-order chi connectivity index (χ1) is 15.8. The van der Waals surface area contributed by atoms with E-state index in [-0.39, 0.29) is 18.4 Å². The average molecular weight is 562 g/mol. The minimum absolute atomic E-state index is 0.0196. The van der Waals surface area contributed by atoms with Crippen molar-refractivity contribution in [2.75, 3.05) is 0 Å². The van der Waals surface area contributed by atoms with E-state index in [9.17, 15) is 18.0 Å². The number of rotatable bonds is 6. The number of amides is 1. The number of hydrogen-bond donors (Lipinski definition) is 1. The van der Waals surface area contributed by atoms with Gasteiger partial charge in [-0.15, -0.1) is 0 Å². The van der Waals surface area contributed by atoms with Gasteiger partial charge in [0, 0.05) is 24.2 Å². The van der Waals surface area contributed by atoms with Gasteiger partial charge in [0.2, 0.25) is 0 Å². The van der Waals surface area contributed by atoms with Crippen molar-refractivity contribution in [2.24, 2.45) is 0 Å². The standard InChI is InChI=1S/C26H22F3IN2O/c1-15(2)25-24(26(33)31-13-17-8-9-19(27)20(28)10-17)18-11-21(29)22(30)12-23(18)32(25)14-16-6-4-3-5-7-16/h3-12,15H,13-14H2,1-2H3,(H,31,33). The molecule has 0 bridgehead atoms. The summed E-state index contributed by atoms with van der Waals surface area (Å²) in [5.74, 6) is -2.72. The Bertz CT molecular complexity index is 1330. The zero-order chi connectivity index (χ0) is 23.7. The topological polar surface area (TPSA) is 34.0 Å². The second-order valence-corrected chi connectivity index (χ2v) is 9.36. The van der Waals surface area contributed by atoms with Crippen molar-refractivity contribution in [3.8, 4) is 0 Å². The molecular weight excluding hydrogens is 540 g/mol. The lowest BCUT2D eigenvalue weighted by Gasteiger charge is -2.16. The molecule has 3 nitrogen and oxygen atoms in total. The lowest BCUT2D eigenvalue weighted by atomic mass is 10.0. The molecule has 0 atom stereocenters. The van der Waals surface area contributed by atoms with Crippen LogP contribution in [0.3, 0.4) is 0 Å². The van der Waals surface area contributed by atoms with Crippen molar-refractivity contribution in [3.63, 3.8) is 0 Å². The molecule has 0 aliphatic rings. The summed E-state index contributed by atoms with van der Waals surface area (Å²) in [6, 6.07) is 16.5. The molecule has 33 heavy (non-hydrogen) atoms. The summed E-state index contributed by atoms with van der Waals surface area (Å²) in [4.78, 5) is 13.4. The van der Waals surface area contributed by atoms with Crippen molar-refractivity contribution in [2.45, 2.75) is 32.9 Å². The summed E-state index contributed by atoms with van der Waals surface area (Å²) >= 11 is 1.95. The maximum Gasteiger partial charge on any atom is 0.254 e. The van der Waals surface area contributed by atoms with Gasteiger partial charge >= 0.3 is 0 Å². The van der Waals surface area contributed by atoms with Gasteiger partial charge in [0.25, 0.3) is 5.91 Å². The third-order valence-corrected chi connectivity index (χ3v) is 6.37. The number of hydrogen-bond acceptors (Lipinski definition) is 1. The van der Waals surface area contributed by atoms with Crippen LogP contribution in [0.2, 0.25) is 0 Å². The third kappa shape index (κ3) is 4.78. The molecule has 0 saturated carbocycles. The highest BCUT2D eigenvalue weighted by Gasteiger charge is 2.25. The van der Waals surface area contributed by atoms with Gasteiger partial charge in [0.05, 0.1) is 14.7 Å². The molecule has 3 aromatic carbocycles. The Balaban J connectivity index is 1.80. The van der Waals surface area contributed by atoms with Crippen LogP contribution in [0.25, 0.3) is 10.9 Å². The van der Waals surface area contributed by atoms with E-state index in [2.05, 4.69) is 9.88 Å². The van der Waals surface area contributed by atoms with Crippen LogP contribution in [-0.4, -0.2) is 10.5 Å². The van der Waals surface area contributed by atoms with Gasteiger partial charge in [-0.25, -0.2) is 13.2 Å². The molecule has 0 unspecified atom stereocenters. The molecule has 170 valence electrons. The second-order valence-electron chi connectivity index (χ2n) is 8.20. The normalized spacial score (nSPS) is 11.4. The zero-order valence-corrected chi connectivity index (χ0v) is 20.3. The number of nitrogens with one attached hydrogen (secondary N) is 1. The van der Waals surface area contributed by atoms with Gasteiger partial charge < -0.3 is 9.88 Å². The molecule has 0 spiro atoms. The molecule has 0 aliphatic carbocycles. The van der Waals surface area contributed by atoms with E-state index in [0.717, 1.165) is 28.9 Å². The predicted octanol–water partition coefficient (Wildman–Crippen LogP) is 6.76. The Morgan fingerprint density at radius 2 is 1.67 bits per heavy atom. The Morgan fingerprint density at radius 3 is 2.33 bits per heavy atom. The van der Waals surface area contributed by atoms with Crippen molar-refractivity contribution in [1.82, 2.24) is 9.88 Å². The third-order valence-electron chi connectivity index (χ3n) is 5.54. The molecule has 1 N–H and O–H groups in total. The lowest BCUT2D eigenvalue weighted by molar-refractivity contribution is 0.0951. The number of carbonyl (C=O) groups excluding carboxylic acids is 1. The highest BCUT2D eigenvalue weighted by Crippen LogP contribution is 2.34. The highest BCUT2D eigenvalue weighted by molar-refractivity contribution is 14.1. The molecule has 4 aromatic rings. The van der Waals surface area contributed by atoms with Crippen LogP contribution in [-0.2, 0) is 13.1 Å². The number of aromatic nitrogens is 1. The van der Waals surface area contributed by atoms with E-state index in [1.807, 2.05) is 66.8 Å². The maximum absolute atomic E-state index is 14.6. The van der Waals surface area contributed by atoms with Gasteiger partial charge in [-0.05, 0) is 63.9 Å². The fourth-order valence-electron chi connectivity index (χ4n) is 4.06. The highest BCUT2D eigenvalue weighted by atomic mass is 127. The van der Waals surface area contributed by atoms with Crippen molar-refractivity contribution in [3.05, 3.63) is 104 Å². The SMILES string of the molecule is CC(C)c1c(C(=O)NCc2ccc(F)c(F)c2)c2cc(F)c(I)cc2n1Cc1ccccc1. The smallest absolute Gasteiger partial charge is 0.254 e. The van der Waals surface area contributed by atoms with E-state index >= 15 is 0 Å². The number of carbonyl (C=O) groups is 1. The Labute approximate surface area is 203 Å². The summed E-state index contributed by atoms with van der Waals surface area (Å²) < 4.78 is 43.9. The van der Waals surface area contributed by atoms with Gasteiger partial charge in [-0.3, -0.25) is 4.79 Å². The zero-order valence-electron chi connectivity index (χ0n) is 18.1. The fraction of sp³-hybridized carbons (Fsp3) is 0.192. The second kappa shape index (κ2) is 9.59. The van der Waals surface area contributed by atoms with Crippen LogP contribution in [0.4, 0.5) is 13.2 Å². The molecule has 0 saturated heterocycles. The van der Waals surface area contributed by atoms with Gasteiger partial charge in [-0.1, -0.05) is 50.2 Å². The van der Waals surface area contributed by atoms with Crippen LogP contribution >= 0.6 is 22.6 Å². The summed E-state index contributed by atoms with van der Waals surface area (Å²) in [6.45, 7) is 4.53. The predicted molar refractivity (Wildman–Crippen MR) is 132 cm³/mol. The van der Waals surface area contributed by atoms with Gasteiger partial charge in [0.15, 0.2) is 11.6 Å². The first-order valence-electron chi connectivity index (χ1n) is 10.5. The van der Waals surface area contributed by atoms with E-state index < -0.39 is 17.5 Å². The molecule has 1 heterocycles. The summed E-state index contributed by atoms with van der Waals surface area (Å²) in [6.07, 6.45) is 0. The quantitative estimate of drug-likeness (QED) is 0.259. The van der Waals surface area contributed by atoms with Crippen molar-refractivity contribution < 1.29 is 18.0 Å². The molecule has 0 radical (unpaired) electrons. The van der Waals surface area contributed by atoms with Crippen molar-refractivity contribution in [1.29, 1.82) is 0 Å².